The summed E-state index contributed by atoms with van der Waals surface area (Å²) in [4.78, 5) is 9.48. The average Bonchev–Trinajstić information content (AvgIpc) is 2.76. The van der Waals surface area contributed by atoms with Crippen molar-refractivity contribution in [3.63, 3.8) is 0 Å². The summed E-state index contributed by atoms with van der Waals surface area (Å²) in [6.07, 6.45) is 2.54. The minimum absolute atomic E-state index is 0. The van der Waals surface area contributed by atoms with E-state index in [1.54, 1.807) is 0 Å². The lowest BCUT2D eigenvalue weighted by Gasteiger charge is -2.23. The number of halogens is 2. The maximum atomic E-state index is 13.7. The molecule has 7 nitrogen and oxygen atoms in total. The van der Waals surface area contributed by atoms with Gasteiger partial charge in [0.25, 0.3) is 0 Å². The standard InChI is InChI=1S/C13H16FN3O4S.ClH/c14-11-2-1-3-12(13(11)17(18)19)22(20,21)16-7-6-9-4-5-10(8-16)15-9;/h1-3,9-10,15H,4-8H2;1H. The predicted octanol–water partition coefficient (Wildman–Crippen LogP) is 1.67. The smallest absolute Gasteiger partial charge is 0.310 e. The normalized spacial score (nSPS) is 24.7. The van der Waals surface area contributed by atoms with E-state index in [1.165, 1.54) is 10.4 Å². The molecule has 10 heteroatoms. The largest absolute Gasteiger partial charge is 0.324 e. The minimum atomic E-state index is -4.09. The summed E-state index contributed by atoms with van der Waals surface area (Å²) in [5.41, 5.74) is -0.982. The molecule has 2 unspecified atom stereocenters. The fourth-order valence-corrected chi connectivity index (χ4v) is 4.82. The molecule has 2 aliphatic rings. The van der Waals surface area contributed by atoms with Crippen LogP contribution < -0.4 is 5.32 Å². The molecular formula is C13H17ClFN3O4S. The molecule has 0 amide bonds. The van der Waals surface area contributed by atoms with Crippen molar-refractivity contribution in [1.29, 1.82) is 0 Å². The number of rotatable bonds is 3. The third kappa shape index (κ3) is 3.32. The van der Waals surface area contributed by atoms with Crippen molar-refractivity contribution in [2.75, 3.05) is 13.1 Å². The van der Waals surface area contributed by atoms with Crippen molar-refractivity contribution < 1.29 is 17.7 Å². The van der Waals surface area contributed by atoms with Crippen LogP contribution in [0, 0.1) is 15.9 Å². The van der Waals surface area contributed by atoms with Gasteiger partial charge in [0, 0.05) is 25.2 Å². The van der Waals surface area contributed by atoms with E-state index in [1.807, 2.05) is 0 Å². The second-order valence-electron chi connectivity index (χ2n) is 5.63. The van der Waals surface area contributed by atoms with Crippen LogP contribution in [0.4, 0.5) is 10.1 Å². The average molecular weight is 366 g/mol. The van der Waals surface area contributed by atoms with E-state index in [-0.39, 0.29) is 37.6 Å². The third-order valence-electron chi connectivity index (χ3n) is 4.24. The second-order valence-corrected chi connectivity index (χ2v) is 7.54. The van der Waals surface area contributed by atoms with E-state index in [2.05, 4.69) is 5.32 Å². The molecule has 0 spiro atoms. The zero-order valence-electron chi connectivity index (χ0n) is 12.1. The van der Waals surface area contributed by atoms with Crippen molar-refractivity contribution in [2.45, 2.75) is 36.2 Å². The monoisotopic (exact) mass is 365 g/mol. The zero-order valence-corrected chi connectivity index (χ0v) is 13.8. The molecule has 2 atom stereocenters. The predicted molar refractivity (Wildman–Crippen MR) is 83.6 cm³/mol. The number of nitro groups is 1. The lowest BCUT2D eigenvalue weighted by molar-refractivity contribution is -0.390. The Labute approximate surface area is 139 Å². The Hall–Kier alpha value is -1.29. The number of benzene rings is 1. The Morgan fingerprint density at radius 1 is 1.26 bits per heavy atom. The summed E-state index contributed by atoms with van der Waals surface area (Å²) in [7, 11) is -4.09. The summed E-state index contributed by atoms with van der Waals surface area (Å²) in [5.74, 6) is -1.14. The van der Waals surface area contributed by atoms with Crippen molar-refractivity contribution in [1.82, 2.24) is 9.62 Å². The number of nitrogens with zero attached hydrogens (tertiary/aromatic N) is 2. The van der Waals surface area contributed by atoms with Crippen LogP contribution in [0.2, 0.25) is 0 Å². The topological polar surface area (TPSA) is 92.5 Å². The van der Waals surface area contributed by atoms with E-state index in [0.29, 0.717) is 6.42 Å². The van der Waals surface area contributed by atoms with Gasteiger partial charge in [-0.1, -0.05) is 6.07 Å². The van der Waals surface area contributed by atoms with Gasteiger partial charge in [-0.3, -0.25) is 10.1 Å². The third-order valence-corrected chi connectivity index (χ3v) is 6.13. The summed E-state index contributed by atoms with van der Waals surface area (Å²) < 4.78 is 40.4. The fraction of sp³-hybridized carbons (Fsp3) is 0.538. The van der Waals surface area contributed by atoms with Gasteiger partial charge in [0.15, 0.2) is 4.90 Å². The van der Waals surface area contributed by atoms with E-state index in [4.69, 9.17) is 0 Å². The molecule has 0 radical (unpaired) electrons. The number of para-hydroxylation sites is 1. The Morgan fingerprint density at radius 2 is 1.96 bits per heavy atom. The first kappa shape index (κ1) is 18.1. The molecule has 23 heavy (non-hydrogen) atoms. The highest BCUT2D eigenvalue weighted by molar-refractivity contribution is 7.89. The van der Waals surface area contributed by atoms with Crippen LogP contribution in [0.5, 0.6) is 0 Å². The number of fused-ring (bicyclic) bond motifs is 2. The van der Waals surface area contributed by atoms with Gasteiger partial charge in [0.2, 0.25) is 15.8 Å². The van der Waals surface area contributed by atoms with Gasteiger partial charge in [0.05, 0.1) is 4.92 Å². The zero-order chi connectivity index (χ0) is 15.9. The summed E-state index contributed by atoms with van der Waals surface area (Å²) in [5, 5.41) is 14.4. The highest BCUT2D eigenvalue weighted by atomic mass is 35.5. The molecule has 0 aliphatic carbocycles. The van der Waals surface area contributed by atoms with E-state index in [0.717, 1.165) is 25.0 Å². The van der Waals surface area contributed by atoms with Gasteiger partial charge >= 0.3 is 5.69 Å². The molecule has 128 valence electrons. The number of sulfonamides is 1. The molecule has 2 bridgehead atoms. The van der Waals surface area contributed by atoms with Gasteiger partial charge in [-0.2, -0.15) is 8.70 Å². The van der Waals surface area contributed by atoms with Gasteiger partial charge in [-0.25, -0.2) is 8.42 Å². The molecule has 1 aromatic rings. The van der Waals surface area contributed by atoms with Crippen LogP contribution in [0.25, 0.3) is 0 Å². The molecule has 2 saturated heterocycles. The van der Waals surface area contributed by atoms with Gasteiger partial charge < -0.3 is 5.32 Å². The lowest BCUT2D eigenvalue weighted by atomic mass is 10.1. The van der Waals surface area contributed by atoms with Crippen molar-refractivity contribution in [2.24, 2.45) is 0 Å². The number of nitro benzene ring substituents is 1. The van der Waals surface area contributed by atoms with E-state index in [9.17, 15) is 22.9 Å². The Balaban J connectivity index is 0.00000192. The first-order chi connectivity index (χ1) is 10.4. The minimum Gasteiger partial charge on any atom is -0.310 e. The van der Waals surface area contributed by atoms with Gasteiger partial charge in [-0.05, 0) is 31.4 Å². The first-order valence-corrected chi connectivity index (χ1v) is 8.52. The SMILES string of the molecule is Cl.O=[N+]([O-])c1c(F)cccc1S(=O)(=O)N1CCC2CCC(C1)N2. The summed E-state index contributed by atoms with van der Waals surface area (Å²) in [6, 6.07) is 3.50. The molecule has 1 aromatic carbocycles. The Bertz CT molecular complexity index is 715. The van der Waals surface area contributed by atoms with Crippen LogP contribution in [0.15, 0.2) is 23.1 Å². The second kappa shape index (κ2) is 6.68. The van der Waals surface area contributed by atoms with Crippen LogP contribution >= 0.6 is 12.4 Å². The molecule has 1 N–H and O–H groups in total. The molecule has 2 fully saturated rings. The fourth-order valence-electron chi connectivity index (χ4n) is 3.15. The molecule has 2 aliphatic heterocycles. The highest BCUT2D eigenvalue weighted by Gasteiger charge is 2.38. The van der Waals surface area contributed by atoms with Crippen LogP contribution in [0.1, 0.15) is 19.3 Å². The van der Waals surface area contributed by atoms with Crippen molar-refractivity contribution >= 4 is 28.1 Å². The maximum absolute atomic E-state index is 13.7. The van der Waals surface area contributed by atoms with Gasteiger partial charge in [0.1, 0.15) is 0 Å². The molecule has 0 aromatic heterocycles. The Morgan fingerprint density at radius 3 is 2.65 bits per heavy atom. The lowest BCUT2D eigenvalue weighted by Crippen LogP contribution is -2.39. The van der Waals surface area contributed by atoms with Crippen LogP contribution in [-0.4, -0.2) is 42.8 Å². The van der Waals surface area contributed by atoms with Gasteiger partial charge in [-0.15, -0.1) is 12.4 Å². The summed E-state index contributed by atoms with van der Waals surface area (Å²) in [6.45, 7) is 0.538. The van der Waals surface area contributed by atoms with Crippen LogP contribution in [-0.2, 0) is 10.0 Å². The maximum Gasteiger partial charge on any atom is 0.324 e. The van der Waals surface area contributed by atoms with E-state index >= 15 is 0 Å². The quantitative estimate of drug-likeness (QED) is 0.649. The molecule has 0 saturated carbocycles. The number of hydrogen-bond acceptors (Lipinski definition) is 5. The van der Waals surface area contributed by atoms with Crippen molar-refractivity contribution in [3.05, 3.63) is 34.1 Å². The molecule has 2 heterocycles. The molecule has 3 rings (SSSR count). The first-order valence-electron chi connectivity index (χ1n) is 7.08. The van der Waals surface area contributed by atoms with Crippen molar-refractivity contribution in [3.8, 4) is 0 Å². The molecular weight excluding hydrogens is 349 g/mol. The number of hydrogen-bond donors (Lipinski definition) is 1. The van der Waals surface area contributed by atoms with Crippen LogP contribution in [0.3, 0.4) is 0 Å². The Kier molecular flexibility index (Phi) is 5.24. The van der Waals surface area contributed by atoms with E-state index < -0.39 is 31.3 Å². The summed E-state index contributed by atoms with van der Waals surface area (Å²) >= 11 is 0. The highest BCUT2D eigenvalue weighted by Crippen LogP contribution is 2.31. The number of nitrogens with one attached hydrogen (secondary N) is 1.